The number of nitrogens with zero attached hydrogens (tertiary/aromatic N) is 5. The topological polar surface area (TPSA) is 116 Å². The van der Waals surface area contributed by atoms with Crippen LogP contribution in [0.2, 0.25) is 5.15 Å². The third-order valence-corrected chi connectivity index (χ3v) is 2.99. The van der Waals surface area contributed by atoms with E-state index >= 15 is 0 Å². The number of hydrogen-bond donors (Lipinski definition) is 2. The molecule has 3 aromatic heterocycles. The van der Waals surface area contributed by atoms with Crippen molar-refractivity contribution in [3.8, 4) is 17.4 Å². The molecular weight excluding hydrogens is 272 g/mol. The highest BCUT2D eigenvalue weighted by molar-refractivity contribution is 6.33. The first-order chi connectivity index (χ1) is 9.11. The summed E-state index contributed by atoms with van der Waals surface area (Å²) in [5.41, 5.74) is 7.09. The molecule has 0 unspecified atom stereocenters. The monoisotopic (exact) mass is 280 g/mol. The fraction of sp³-hybridized carbons (Fsp3) is 0.200. The van der Waals surface area contributed by atoms with E-state index in [0.29, 0.717) is 29.1 Å². The van der Waals surface area contributed by atoms with Gasteiger partial charge in [-0.05, 0) is 17.2 Å². The van der Waals surface area contributed by atoms with Crippen LogP contribution in [0.3, 0.4) is 0 Å². The summed E-state index contributed by atoms with van der Waals surface area (Å²) in [7, 11) is 0. The minimum absolute atomic E-state index is 0.110. The highest BCUT2D eigenvalue weighted by Crippen LogP contribution is 2.31. The lowest BCUT2D eigenvalue weighted by molar-refractivity contribution is 0.310. The van der Waals surface area contributed by atoms with Crippen molar-refractivity contribution in [3.63, 3.8) is 0 Å². The molecule has 19 heavy (non-hydrogen) atoms. The molecule has 0 aliphatic heterocycles. The normalized spacial score (nSPS) is 11.3. The molecule has 0 aliphatic rings. The maximum Gasteiger partial charge on any atom is 0.214 e. The average Bonchev–Trinajstić information content (AvgIpc) is 2.92. The highest BCUT2D eigenvalue weighted by Gasteiger charge is 2.20. The molecule has 9 heteroatoms. The standard InChI is InChI=1S/C10H9ClN6O2/c1-2-17-4-3-5(18)13-8(11)6(4)14-10(17)7-9(12)16-19-15-7/h3H,2H2,1H3,(H2,12,16)(H,13,18). The fourth-order valence-corrected chi connectivity index (χ4v) is 2.15. The van der Waals surface area contributed by atoms with Gasteiger partial charge >= 0.3 is 0 Å². The first kappa shape index (κ1) is 11.7. The highest BCUT2D eigenvalue weighted by atomic mass is 35.5. The maximum atomic E-state index is 9.52. The number of aryl methyl sites for hydroxylation is 1. The predicted molar refractivity (Wildman–Crippen MR) is 67.6 cm³/mol. The Bertz CT molecular complexity index is 765. The van der Waals surface area contributed by atoms with Gasteiger partial charge in [-0.25, -0.2) is 9.61 Å². The summed E-state index contributed by atoms with van der Waals surface area (Å²) in [6, 6.07) is 1.48. The van der Waals surface area contributed by atoms with Crippen molar-refractivity contribution in [1.29, 1.82) is 0 Å². The summed E-state index contributed by atoms with van der Waals surface area (Å²) in [5.74, 6) is 0.425. The second-order valence-electron chi connectivity index (χ2n) is 3.82. The number of aromatic hydroxyl groups is 1. The molecule has 0 amide bonds. The number of nitrogens with two attached hydrogens (primary N) is 1. The van der Waals surface area contributed by atoms with Crippen molar-refractivity contribution in [2.24, 2.45) is 0 Å². The van der Waals surface area contributed by atoms with Crippen LogP contribution in [-0.4, -0.2) is 30.0 Å². The van der Waals surface area contributed by atoms with Gasteiger partial charge in [0.05, 0.1) is 5.52 Å². The molecule has 0 atom stereocenters. The van der Waals surface area contributed by atoms with Gasteiger partial charge in [0.2, 0.25) is 5.88 Å². The molecule has 0 fully saturated rings. The molecule has 0 spiro atoms. The quantitative estimate of drug-likeness (QED) is 0.682. The third kappa shape index (κ3) is 1.68. The van der Waals surface area contributed by atoms with Crippen LogP contribution in [0.4, 0.5) is 5.82 Å². The Balaban J connectivity index is 2.38. The lowest BCUT2D eigenvalue weighted by Gasteiger charge is -2.03. The molecule has 0 saturated carbocycles. The van der Waals surface area contributed by atoms with Crippen LogP contribution in [0, 0.1) is 0 Å². The summed E-state index contributed by atoms with van der Waals surface area (Å²) < 4.78 is 6.36. The molecule has 98 valence electrons. The van der Waals surface area contributed by atoms with Crippen LogP contribution >= 0.6 is 11.6 Å². The van der Waals surface area contributed by atoms with Gasteiger partial charge in [-0.3, -0.25) is 0 Å². The Morgan fingerprint density at radius 1 is 1.42 bits per heavy atom. The zero-order valence-electron chi connectivity index (χ0n) is 9.83. The van der Waals surface area contributed by atoms with Crippen molar-refractivity contribution >= 4 is 28.5 Å². The molecule has 3 rings (SSSR count). The smallest absolute Gasteiger partial charge is 0.214 e. The molecule has 0 aromatic carbocycles. The molecular formula is C10H9ClN6O2. The molecule has 0 radical (unpaired) electrons. The second kappa shape index (κ2) is 4.09. The van der Waals surface area contributed by atoms with E-state index in [4.69, 9.17) is 17.3 Å². The lowest BCUT2D eigenvalue weighted by atomic mass is 10.4. The van der Waals surface area contributed by atoms with Crippen molar-refractivity contribution in [2.75, 3.05) is 5.73 Å². The summed E-state index contributed by atoms with van der Waals surface area (Å²) in [5, 5.41) is 16.9. The average molecular weight is 281 g/mol. The Morgan fingerprint density at radius 2 is 2.21 bits per heavy atom. The van der Waals surface area contributed by atoms with Gasteiger partial charge in [-0.1, -0.05) is 11.6 Å². The number of halogens is 1. The summed E-state index contributed by atoms with van der Waals surface area (Å²) in [6.07, 6.45) is 0. The fourth-order valence-electron chi connectivity index (χ4n) is 1.92. The minimum atomic E-state index is -0.176. The van der Waals surface area contributed by atoms with Crippen LogP contribution in [0.25, 0.3) is 22.6 Å². The number of hydrogen-bond acceptors (Lipinski definition) is 7. The van der Waals surface area contributed by atoms with E-state index in [1.165, 1.54) is 6.07 Å². The van der Waals surface area contributed by atoms with Crippen molar-refractivity contribution < 1.29 is 9.74 Å². The van der Waals surface area contributed by atoms with E-state index in [9.17, 15) is 5.11 Å². The van der Waals surface area contributed by atoms with Gasteiger partial charge in [0, 0.05) is 12.6 Å². The number of fused-ring (bicyclic) bond motifs is 1. The SMILES string of the molecule is CCn1c(-c2nonc2N)nc2c(Cl)nc(O)cc21. The van der Waals surface area contributed by atoms with Gasteiger partial charge in [0.25, 0.3) is 0 Å². The first-order valence-corrected chi connectivity index (χ1v) is 5.83. The molecule has 3 heterocycles. The van der Waals surface area contributed by atoms with Gasteiger partial charge < -0.3 is 15.4 Å². The Kier molecular flexibility index (Phi) is 2.53. The number of anilines is 1. The third-order valence-electron chi connectivity index (χ3n) is 2.72. The zero-order chi connectivity index (χ0) is 13.6. The van der Waals surface area contributed by atoms with Crippen molar-refractivity contribution in [1.82, 2.24) is 24.8 Å². The molecule has 0 bridgehead atoms. The van der Waals surface area contributed by atoms with E-state index < -0.39 is 0 Å². The zero-order valence-corrected chi connectivity index (χ0v) is 10.6. The number of aromatic nitrogens is 5. The van der Waals surface area contributed by atoms with Gasteiger partial charge in [0.1, 0.15) is 5.52 Å². The Hall–Kier alpha value is -2.35. The van der Waals surface area contributed by atoms with Crippen LogP contribution < -0.4 is 5.73 Å². The molecule has 3 aromatic rings. The Morgan fingerprint density at radius 3 is 2.84 bits per heavy atom. The number of pyridine rings is 1. The van der Waals surface area contributed by atoms with Crippen molar-refractivity contribution in [2.45, 2.75) is 13.5 Å². The summed E-state index contributed by atoms with van der Waals surface area (Å²) in [6.45, 7) is 2.50. The second-order valence-corrected chi connectivity index (χ2v) is 4.17. The molecule has 3 N–H and O–H groups in total. The van der Waals surface area contributed by atoms with E-state index in [-0.39, 0.29) is 16.9 Å². The predicted octanol–water partition coefficient (Wildman–Crippen LogP) is 1.44. The summed E-state index contributed by atoms with van der Waals surface area (Å²) >= 11 is 5.97. The number of rotatable bonds is 2. The van der Waals surface area contributed by atoms with Crippen LogP contribution in [-0.2, 0) is 6.54 Å². The number of imidazole rings is 1. The first-order valence-electron chi connectivity index (χ1n) is 5.46. The number of nitrogen functional groups attached to an aromatic ring is 1. The van der Waals surface area contributed by atoms with E-state index in [0.717, 1.165) is 0 Å². The lowest BCUT2D eigenvalue weighted by Crippen LogP contribution is -1.99. The van der Waals surface area contributed by atoms with Crippen LogP contribution in [0.5, 0.6) is 5.88 Å². The molecule has 8 nitrogen and oxygen atoms in total. The van der Waals surface area contributed by atoms with E-state index in [1.807, 2.05) is 6.92 Å². The van der Waals surface area contributed by atoms with Gasteiger partial charge in [-0.2, -0.15) is 4.98 Å². The van der Waals surface area contributed by atoms with E-state index in [2.05, 4.69) is 24.9 Å². The molecule has 0 saturated heterocycles. The Labute approximate surface area is 111 Å². The largest absolute Gasteiger partial charge is 0.493 e. The van der Waals surface area contributed by atoms with Crippen molar-refractivity contribution in [3.05, 3.63) is 11.2 Å². The van der Waals surface area contributed by atoms with E-state index in [1.54, 1.807) is 4.57 Å². The molecule has 0 aliphatic carbocycles. The minimum Gasteiger partial charge on any atom is -0.493 e. The van der Waals surface area contributed by atoms with Gasteiger partial charge in [0.15, 0.2) is 22.5 Å². The maximum absolute atomic E-state index is 9.52. The van der Waals surface area contributed by atoms with Crippen LogP contribution in [0.1, 0.15) is 6.92 Å². The van der Waals surface area contributed by atoms with Crippen LogP contribution in [0.15, 0.2) is 10.7 Å². The van der Waals surface area contributed by atoms with Gasteiger partial charge in [-0.15, -0.1) is 0 Å². The summed E-state index contributed by atoms with van der Waals surface area (Å²) in [4.78, 5) is 8.09.